The predicted molar refractivity (Wildman–Crippen MR) is 77.9 cm³/mol. The van der Waals surface area contributed by atoms with Gasteiger partial charge >= 0.3 is 0 Å². The van der Waals surface area contributed by atoms with Crippen LogP contribution in [0, 0.1) is 13.8 Å². The highest BCUT2D eigenvalue weighted by Gasteiger charge is 2.28. The summed E-state index contributed by atoms with van der Waals surface area (Å²) in [6.07, 6.45) is 2.77. The standard InChI is InChI=1S/C16H26N2/c1-12-5-6-15(9-13(12)2)11-17-10-14(3)18(4)16-7-8-16/h5-6,9,14,16-17H,7-8,10-11H2,1-4H3. The van der Waals surface area contributed by atoms with E-state index < -0.39 is 0 Å². The monoisotopic (exact) mass is 246 g/mol. The average molecular weight is 246 g/mol. The van der Waals surface area contributed by atoms with Crippen LogP contribution in [0.4, 0.5) is 0 Å². The Balaban J connectivity index is 1.75. The van der Waals surface area contributed by atoms with Crippen molar-refractivity contribution in [3.63, 3.8) is 0 Å². The van der Waals surface area contributed by atoms with Crippen molar-refractivity contribution in [2.45, 2.75) is 52.2 Å². The van der Waals surface area contributed by atoms with Crippen molar-refractivity contribution in [2.24, 2.45) is 0 Å². The van der Waals surface area contributed by atoms with E-state index in [1.54, 1.807) is 0 Å². The molecule has 0 radical (unpaired) electrons. The van der Waals surface area contributed by atoms with Gasteiger partial charge in [-0.3, -0.25) is 4.90 Å². The number of nitrogens with zero attached hydrogens (tertiary/aromatic N) is 1. The molecule has 1 aromatic carbocycles. The molecule has 1 fully saturated rings. The van der Waals surface area contributed by atoms with Crippen LogP contribution in [0.3, 0.4) is 0 Å². The molecule has 0 bridgehead atoms. The van der Waals surface area contributed by atoms with Crippen molar-refractivity contribution in [2.75, 3.05) is 13.6 Å². The van der Waals surface area contributed by atoms with Gasteiger partial charge in [0.2, 0.25) is 0 Å². The second-order valence-corrected chi connectivity index (χ2v) is 5.80. The maximum Gasteiger partial charge on any atom is 0.0206 e. The van der Waals surface area contributed by atoms with Crippen LogP contribution >= 0.6 is 0 Å². The zero-order chi connectivity index (χ0) is 13.1. The van der Waals surface area contributed by atoms with Gasteiger partial charge in [-0.05, 0) is 57.4 Å². The molecule has 2 nitrogen and oxygen atoms in total. The van der Waals surface area contributed by atoms with Crippen LogP contribution in [0.2, 0.25) is 0 Å². The molecule has 0 amide bonds. The van der Waals surface area contributed by atoms with Gasteiger partial charge in [0, 0.05) is 25.2 Å². The SMILES string of the molecule is Cc1ccc(CNCC(C)N(C)C2CC2)cc1C. The van der Waals surface area contributed by atoms with E-state index in [0.29, 0.717) is 6.04 Å². The number of hydrogen-bond donors (Lipinski definition) is 1. The molecular weight excluding hydrogens is 220 g/mol. The van der Waals surface area contributed by atoms with Crippen LogP contribution < -0.4 is 5.32 Å². The molecule has 0 spiro atoms. The minimum absolute atomic E-state index is 0.629. The van der Waals surface area contributed by atoms with Gasteiger partial charge in [-0.15, -0.1) is 0 Å². The molecular formula is C16H26N2. The Hall–Kier alpha value is -0.860. The third kappa shape index (κ3) is 3.56. The van der Waals surface area contributed by atoms with Crippen LogP contribution in [0.25, 0.3) is 0 Å². The second kappa shape index (κ2) is 5.85. The molecule has 0 saturated heterocycles. The lowest BCUT2D eigenvalue weighted by atomic mass is 10.1. The predicted octanol–water partition coefficient (Wildman–Crippen LogP) is 2.88. The van der Waals surface area contributed by atoms with E-state index in [1.165, 1.54) is 29.5 Å². The quantitative estimate of drug-likeness (QED) is 0.830. The Morgan fingerprint density at radius 3 is 2.61 bits per heavy atom. The van der Waals surface area contributed by atoms with Crippen LogP contribution in [-0.4, -0.2) is 30.6 Å². The fraction of sp³-hybridized carbons (Fsp3) is 0.625. The summed E-state index contributed by atoms with van der Waals surface area (Å²) < 4.78 is 0. The smallest absolute Gasteiger partial charge is 0.0206 e. The molecule has 2 rings (SSSR count). The first-order valence-electron chi connectivity index (χ1n) is 7.06. The van der Waals surface area contributed by atoms with Crippen LogP contribution in [0.15, 0.2) is 18.2 Å². The minimum atomic E-state index is 0.629. The highest BCUT2D eigenvalue weighted by atomic mass is 15.2. The summed E-state index contributed by atoms with van der Waals surface area (Å²) in [7, 11) is 2.25. The third-order valence-electron chi connectivity index (χ3n) is 4.16. The molecule has 1 aliphatic carbocycles. The van der Waals surface area contributed by atoms with E-state index in [1.807, 2.05) is 0 Å². The van der Waals surface area contributed by atoms with E-state index in [2.05, 4.69) is 56.2 Å². The maximum absolute atomic E-state index is 3.57. The molecule has 18 heavy (non-hydrogen) atoms. The zero-order valence-electron chi connectivity index (χ0n) is 12.2. The number of rotatable bonds is 6. The summed E-state index contributed by atoms with van der Waals surface area (Å²) in [5.74, 6) is 0. The van der Waals surface area contributed by atoms with Crippen LogP contribution in [0.5, 0.6) is 0 Å². The molecule has 1 unspecified atom stereocenters. The topological polar surface area (TPSA) is 15.3 Å². The van der Waals surface area contributed by atoms with E-state index in [-0.39, 0.29) is 0 Å². The van der Waals surface area contributed by atoms with E-state index in [9.17, 15) is 0 Å². The van der Waals surface area contributed by atoms with Gasteiger partial charge in [-0.25, -0.2) is 0 Å². The Morgan fingerprint density at radius 2 is 2.00 bits per heavy atom. The Labute approximate surface area is 111 Å². The summed E-state index contributed by atoms with van der Waals surface area (Å²) in [6, 6.07) is 8.21. The lowest BCUT2D eigenvalue weighted by Crippen LogP contribution is -2.38. The molecule has 1 saturated carbocycles. The van der Waals surface area contributed by atoms with Crippen molar-refractivity contribution in [1.29, 1.82) is 0 Å². The van der Waals surface area contributed by atoms with Crippen molar-refractivity contribution < 1.29 is 0 Å². The lowest BCUT2D eigenvalue weighted by molar-refractivity contribution is 0.241. The number of hydrogen-bond acceptors (Lipinski definition) is 2. The largest absolute Gasteiger partial charge is 0.311 e. The maximum atomic E-state index is 3.57. The molecule has 1 aromatic rings. The first-order valence-corrected chi connectivity index (χ1v) is 7.06. The average Bonchev–Trinajstić information content (AvgIpc) is 3.16. The van der Waals surface area contributed by atoms with Gasteiger partial charge < -0.3 is 5.32 Å². The van der Waals surface area contributed by atoms with Gasteiger partial charge in [0.1, 0.15) is 0 Å². The van der Waals surface area contributed by atoms with Crippen LogP contribution in [0.1, 0.15) is 36.5 Å². The molecule has 100 valence electrons. The Morgan fingerprint density at radius 1 is 1.28 bits per heavy atom. The van der Waals surface area contributed by atoms with Crippen molar-refractivity contribution >= 4 is 0 Å². The Kier molecular flexibility index (Phi) is 4.41. The molecule has 1 atom stereocenters. The summed E-state index contributed by atoms with van der Waals surface area (Å²) >= 11 is 0. The minimum Gasteiger partial charge on any atom is -0.311 e. The van der Waals surface area contributed by atoms with E-state index >= 15 is 0 Å². The van der Waals surface area contributed by atoms with Crippen molar-refractivity contribution in [3.05, 3.63) is 34.9 Å². The highest BCUT2D eigenvalue weighted by Crippen LogP contribution is 2.26. The molecule has 1 aliphatic rings. The van der Waals surface area contributed by atoms with Gasteiger partial charge in [0.05, 0.1) is 0 Å². The number of aryl methyl sites for hydroxylation is 2. The molecule has 0 heterocycles. The molecule has 0 aromatic heterocycles. The number of nitrogens with one attached hydrogen (secondary N) is 1. The number of likely N-dealkylation sites (N-methyl/N-ethyl adjacent to an activating group) is 1. The second-order valence-electron chi connectivity index (χ2n) is 5.80. The lowest BCUT2D eigenvalue weighted by Gasteiger charge is -2.24. The summed E-state index contributed by atoms with van der Waals surface area (Å²) in [6.45, 7) is 8.71. The first-order chi connectivity index (χ1) is 8.58. The van der Waals surface area contributed by atoms with Crippen molar-refractivity contribution in [1.82, 2.24) is 10.2 Å². The normalized spacial score (nSPS) is 17.2. The third-order valence-corrected chi connectivity index (χ3v) is 4.16. The Bertz CT molecular complexity index is 396. The van der Waals surface area contributed by atoms with E-state index in [4.69, 9.17) is 0 Å². The van der Waals surface area contributed by atoms with Gasteiger partial charge in [0.25, 0.3) is 0 Å². The zero-order valence-corrected chi connectivity index (χ0v) is 12.2. The summed E-state index contributed by atoms with van der Waals surface area (Å²) in [5.41, 5.74) is 4.15. The molecule has 2 heteroatoms. The van der Waals surface area contributed by atoms with Crippen molar-refractivity contribution in [3.8, 4) is 0 Å². The first kappa shape index (κ1) is 13.6. The van der Waals surface area contributed by atoms with Crippen LogP contribution in [-0.2, 0) is 6.54 Å². The molecule has 0 aliphatic heterocycles. The van der Waals surface area contributed by atoms with Gasteiger partial charge in [-0.1, -0.05) is 18.2 Å². The fourth-order valence-electron chi connectivity index (χ4n) is 2.32. The molecule has 1 N–H and O–H groups in total. The highest BCUT2D eigenvalue weighted by molar-refractivity contribution is 5.29. The van der Waals surface area contributed by atoms with Gasteiger partial charge in [0.15, 0.2) is 0 Å². The van der Waals surface area contributed by atoms with E-state index in [0.717, 1.165) is 19.1 Å². The van der Waals surface area contributed by atoms with Gasteiger partial charge in [-0.2, -0.15) is 0 Å². The number of benzene rings is 1. The summed E-state index contributed by atoms with van der Waals surface area (Å²) in [4.78, 5) is 2.51. The fourth-order valence-corrected chi connectivity index (χ4v) is 2.32. The summed E-state index contributed by atoms with van der Waals surface area (Å²) in [5, 5.41) is 3.57.